The van der Waals surface area contributed by atoms with Gasteiger partial charge in [0.25, 0.3) is 5.91 Å². The summed E-state index contributed by atoms with van der Waals surface area (Å²) in [6, 6.07) is 7.40. The van der Waals surface area contributed by atoms with Crippen LogP contribution in [0.3, 0.4) is 0 Å². The van der Waals surface area contributed by atoms with E-state index in [-0.39, 0.29) is 18.6 Å². The van der Waals surface area contributed by atoms with E-state index in [0.29, 0.717) is 18.4 Å². The normalized spacial score (nSPS) is 11.0. The van der Waals surface area contributed by atoms with Gasteiger partial charge in [0.2, 0.25) is 0 Å². The van der Waals surface area contributed by atoms with Gasteiger partial charge in [0, 0.05) is 30.6 Å². The van der Waals surface area contributed by atoms with Crippen LogP contribution in [0.5, 0.6) is 0 Å². The Morgan fingerprint density at radius 3 is 2.76 bits per heavy atom. The number of aliphatic hydroxyl groups is 1. The van der Waals surface area contributed by atoms with Crippen LogP contribution in [0.2, 0.25) is 0 Å². The van der Waals surface area contributed by atoms with Crippen molar-refractivity contribution in [1.29, 1.82) is 5.26 Å². The molecule has 0 radical (unpaired) electrons. The summed E-state index contributed by atoms with van der Waals surface area (Å²) < 4.78 is 0. The van der Waals surface area contributed by atoms with E-state index in [9.17, 15) is 4.79 Å². The van der Waals surface area contributed by atoms with E-state index in [2.05, 4.69) is 17.9 Å². The van der Waals surface area contributed by atoms with Gasteiger partial charge >= 0.3 is 0 Å². The second-order valence-electron chi connectivity index (χ2n) is 4.99. The second kappa shape index (κ2) is 8.09. The lowest BCUT2D eigenvalue weighted by Crippen LogP contribution is -2.34. The molecule has 4 heteroatoms. The Bertz CT molecular complexity index is 605. The maximum Gasteiger partial charge on any atom is 0.253 e. The highest BCUT2D eigenvalue weighted by molar-refractivity contribution is 5.94. The molecule has 0 bridgehead atoms. The van der Waals surface area contributed by atoms with Gasteiger partial charge in [-0.25, -0.2) is 0 Å². The number of carbonyl (C=O) groups excluding carboxylic acids is 1. The van der Waals surface area contributed by atoms with Gasteiger partial charge in [-0.2, -0.15) is 5.26 Å². The third kappa shape index (κ3) is 4.95. The Morgan fingerprint density at radius 1 is 1.43 bits per heavy atom. The van der Waals surface area contributed by atoms with Crippen molar-refractivity contribution in [2.24, 2.45) is 0 Å². The molecule has 1 amide bonds. The number of carbonyl (C=O) groups is 1. The van der Waals surface area contributed by atoms with Crippen LogP contribution >= 0.6 is 0 Å². The molecule has 0 aliphatic carbocycles. The fourth-order valence-corrected chi connectivity index (χ4v) is 1.87. The van der Waals surface area contributed by atoms with E-state index in [1.807, 2.05) is 26.0 Å². The molecule has 21 heavy (non-hydrogen) atoms. The average Bonchev–Trinajstić information content (AvgIpc) is 2.45. The zero-order chi connectivity index (χ0) is 15.8. The quantitative estimate of drug-likeness (QED) is 0.861. The van der Waals surface area contributed by atoms with E-state index in [1.54, 1.807) is 18.0 Å². The molecule has 0 saturated carbocycles. The number of rotatable bonds is 4. The number of nitrogens with zero attached hydrogens (tertiary/aromatic N) is 2. The van der Waals surface area contributed by atoms with Crippen LogP contribution in [-0.4, -0.2) is 35.6 Å². The molecule has 0 spiro atoms. The lowest BCUT2D eigenvalue weighted by atomic mass is 10.0. The summed E-state index contributed by atoms with van der Waals surface area (Å²) in [5.74, 6) is 5.67. The summed E-state index contributed by atoms with van der Waals surface area (Å²) >= 11 is 0. The predicted octanol–water partition coefficient (Wildman–Crippen LogP) is 2.10. The van der Waals surface area contributed by atoms with E-state index >= 15 is 0 Å². The first-order valence-corrected chi connectivity index (χ1v) is 6.85. The fourth-order valence-electron chi connectivity index (χ4n) is 1.87. The van der Waals surface area contributed by atoms with E-state index in [0.717, 1.165) is 11.1 Å². The number of hydrogen-bond acceptors (Lipinski definition) is 3. The number of nitriles is 1. The molecule has 110 valence electrons. The molecule has 1 aromatic rings. The number of hydrogen-bond donors (Lipinski definition) is 1. The van der Waals surface area contributed by atoms with Crippen LogP contribution in [0.15, 0.2) is 18.2 Å². The number of benzene rings is 1. The zero-order valence-electron chi connectivity index (χ0n) is 12.7. The Balaban J connectivity index is 3.00. The summed E-state index contributed by atoms with van der Waals surface area (Å²) in [5.41, 5.74) is 2.28. The zero-order valence-corrected chi connectivity index (χ0v) is 12.7. The van der Waals surface area contributed by atoms with Crippen molar-refractivity contribution in [3.63, 3.8) is 0 Å². The van der Waals surface area contributed by atoms with Crippen LogP contribution in [0, 0.1) is 30.1 Å². The van der Waals surface area contributed by atoms with Crippen LogP contribution in [0.1, 0.15) is 41.3 Å². The van der Waals surface area contributed by atoms with Crippen molar-refractivity contribution in [1.82, 2.24) is 4.90 Å². The molecule has 0 aliphatic heterocycles. The van der Waals surface area contributed by atoms with Crippen molar-refractivity contribution in [3.05, 3.63) is 34.9 Å². The molecule has 0 saturated heterocycles. The third-order valence-corrected chi connectivity index (χ3v) is 3.16. The highest BCUT2D eigenvalue weighted by Crippen LogP contribution is 2.13. The van der Waals surface area contributed by atoms with Crippen molar-refractivity contribution in [3.8, 4) is 17.9 Å². The monoisotopic (exact) mass is 284 g/mol. The van der Waals surface area contributed by atoms with E-state index in [4.69, 9.17) is 10.4 Å². The van der Waals surface area contributed by atoms with Crippen LogP contribution in [-0.2, 0) is 0 Å². The van der Waals surface area contributed by atoms with Crippen molar-refractivity contribution in [2.75, 3.05) is 13.7 Å². The smallest absolute Gasteiger partial charge is 0.253 e. The average molecular weight is 284 g/mol. The van der Waals surface area contributed by atoms with Gasteiger partial charge in [0.15, 0.2) is 0 Å². The second-order valence-corrected chi connectivity index (χ2v) is 4.99. The highest BCUT2D eigenvalue weighted by Gasteiger charge is 2.17. The van der Waals surface area contributed by atoms with Gasteiger partial charge < -0.3 is 10.0 Å². The van der Waals surface area contributed by atoms with Crippen molar-refractivity contribution < 1.29 is 9.90 Å². The standard InChI is InChI=1S/C17H20N2O2/c1-13-10-15(6-4-5-9-20)12-16(11-13)17(21)19(3)14(2)7-8-18/h10-12,14,20H,5,7,9H2,1-3H3. The molecule has 1 N–H and O–H groups in total. The molecule has 0 aliphatic rings. The Labute approximate surface area is 126 Å². The highest BCUT2D eigenvalue weighted by atomic mass is 16.2. The van der Waals surface area contributed by atoms with Crippen LogP contribution in [0.25, 0.3) is 0 Å². The molecule has 0 aromatic heterocycles. The summed E-state index contributed by atoms with van der Waals surface area (Å²) in [4.78, 5) is 14.0. The Kier molecular flexibility index (Phi) is 6.46. The van der Waals surface area contributed by atoms with Crippen molar-refractivity contribution >= 4 is 5.91 Å². The summed E-state index contributed by atoms with van der Waals surface area (Å²) in [6.45, 7) is 3.78. The predicted molar refractivity (Wildman–Crippen MR) is 81.5 cm³/mol. The first-order chi connectivity index (χ1) is 9.99. The van der Waals surface area contributed by atoms with Gasteiger partial charge in [-0.15, -0.1) is 0 Å². The third-order valence-electron chi connectivity index (χ3n) is 3.16. The van der Waals surface area contributed by atoms with Gasteiger partial charge in [-0.3, -0.25) is 4.79 Å². The minimum atomic E-state index is -0.132. The molecule has 1 unspecified atom stereocenters. The molecule has 4 nitrogen and oxygen atoms in total. The largest absolute Gasteiger partial charge is 0.395 e. The molecular weight excluding hydrogens is 264 g/mol. The van der Waals surface area contributed by atoms with E-state index in [1.165, 1.54) is 0 Å². The van der Waals surface area contributed by atoms with Crippen LogP contribution < -0.4 is 0 Å². The number of aliphatic hydroxyl groups excluding tert-OH is 1. The first kappa shape index (κ1) is 16.8. The molecular formula is C17H20N2O2. The Hall–Kier alpha value is -2.30. The topological polar surface area (TPSA) is 64.3 Å². The van der Waals surface area contributed by atoms with Gasteiger partial charge in [-0.05, 0) is 37.6 Å². The number of amides is 1. The lowest BCUT2D eigenvalue weighted by Gasteiger charge is -2.23. The van der Waals surface area contributed by atoms with Gasteiger partial charge in [0.1, 0.15) is 0 Å². The maximum absolute atomic E-state index is 12.4. The summed E-state index contributed by atoms with van der Waals surface area (Å²) in [6.07, 6.45) is 0.716. The number of aryl methyl sites for hydroxylation is 1. The maximum atomic E-state index is 12.4. The SMILES string of the molecule is Cc1cc(C#CCCO)cc(C(=O)N(C)C(C)CC#N)c1. The minimum absolute atomic E-state index is 0.0268. The molecule has 0 fully saturated rings. The minimum Gasteiger partial charge on any atom is -0.395 e. The lowest BCUT2D eigenvalue weighted by molar-refractivity contribution is 0.0746. The molecule has 1 aromatic carbocycles. The Morgan fingerprint density at radius 2 is 2.14 bits per heavy atom. The molecule has 0 heterocycles. The van der Waals surface area contributed by atoms with Crippen molar-refractivity contribution in [2.45, 2.75) is 32.7 Å². The summed E-state index contributed by atoms with van der Waals surface area (Å²) in [5, 5.41) is 17.5. The first-order valence-electron chi connectivity index (χ1n) is 6.85. The summed E-state index contributed by atoms with van der Waals surface area (Å²) in [7, 11) is 1.70. The molecule has 1 atom stereocenters. The molecule has 1 rings (SSSR count). The van der Waals surface area contributed by atoms with Gasteiger partial charge in [0.05, 0.1) is 19.1 Å². The fraction of sp³-hybridized carbons (Fsp3) is 0.412. The van der Waals surface area contributed by atoms with Crippen LogP contribution in [0.4, 0.5) is 0 Å². The van der Waals surface area contributed by atoms with E-state index < -0.39 is 0 Å². The van der Waals surface area contributed by atoms with Gasteiger partial charge in [-0.1, -0.05) is 11.8 Å².